The quantitative estimate of drug-likeness (QED) is 0.898. The molecule has 0 unspecified atom stereocenters. The normalized spacial score (nSPS) is 10.3. The molecule has 0 heterocycles. The smallest absolute Gasteiger partial charge is 0.335 e. The average molecular weight is 244 g/mol. The van der Waals surface area contributed by atoms with Gasteiger partial charge in [-0.25, -0.2) is 9.18 Å². The van der Waals surface area contributed by atoms with Crippen molar-refractivity contribution >= 4 is 5.97 Å². The van der Waals surface area contributed by atoms with E-state index >= 15 is 0 Å². The van der Waals surface area contributed by atoms with E-state index in [0.717, 1.165) is 16.7 Å². The number of carboxylic acid groups (broad SMARTS) is 1. The van der Waals surface area contributed by atoms with Crippen LogP contribution in [0.15, 0.2) is 42.5 Å². The molecule has 18 heavy (non-hydrogen) atoms. The Kier molecular flexibility index (Phi) is 3.42. The van der Waals surface area contributed by atoms with Crippen molar-refractivity contribution in [3.8, 4) is 0 Å². The first-order valence-electron chi connectivity index (χ1n) is 5.63. The zero-order valence-electron chi connectivity index (χ0n) is 9.98. The predicted molar refractivity (Wildman–Crippen MR) is 67.3 cm³/mol. The van der Waals surface area contributed by atoms with Crippen molar-refractivity contribution in [3.63, 3.8) is 0 Å². The first kappa shape index (κ1) is 12.3. The minimum atomic E-state index is -0.945. The Morgan fingerprint density at radius 3 is 2.61 bits per heavy atom. The number of hydrogen-bond acceptors (Lipinski definition) is 1. The summed E-state index contributed by atoms with van der Waals surface area (Å²) in [6, 6.07) is 11.5. The number of carboxylic acids is 1. The van der Waals surface area contributed by atoms with E-state index < -0.39 is 5.97 Å². The van der Waals surface area contributed by atoms with Gasteiger partial charge < -0.3 is 5.11 Å². The lowest BCUT2D eigenvalue weighted by atomic mass is 10.0. The van der Waals surface area contributed by atoms with E-state index in [1.54, 1.807) is 18.2 Å². The molecule has 2 aromatic carbocycles. The minimum absolute atomic E-state index is 0.265. The number of aryl methyl sites for hydroxylation is 1. The van der Waals surface area contributed by atoms with Gasteiger partial charge in [0.25, 0.3) is 0 Å². The molecule has 92 valence electrons. The summed E-state index contributed by atoms with van der Waals surface area (Å²) in [5.41, 5.74) is 2.86. The van der Waals surface area contributed by atoms with Crippen molar-refractivity contribution in [1.82, 2.24) is 0 Å². The van der Waals surface area contributed by atoms with Gasteiger partial charge in [0, 0.05) is 0 Å². The third kappa shape index (κ3) is 2.94. The Hall–Kier alpha value is -2.16. The first-order valence-corrected chi connectivity index (χ1v) is 5.63. The molecule has 1 N–H and O–H groups in total. The van der Waals surface area contributed by atoms with Crippen LogP contribution >= 0.6 is 0 Å². The molecular weight excluding hydrogens is 231 g/mol. The molecule has 3 heteroatoms. The summed E-state index contributed by atoms with van der Waals surface area (Å²) in [5.74, 6) is -1.22. The topological polar surface area (TPSA) is 37.3 Å². The zero-order chi connectivity index (χ0) is 13.1. The van der Waals surface area contributed by atoms with Gasteiger partial charge in [0.2, 0.25) is 0 Å². The van der Waals surface area contributed by atoms with Crippen molar-refractivity contribution in [2.45, 2.75) is 13.3 Å². The highest BCUT2D eigenvalue weighted by molar-refractivity contribution is 5.88. The molecule has 0 bridgehead atoms. The molecule has 0 saturated heterocycles. The number of halogens is 1. The van der Waals surface area contributed by atoms with Crippen molar-refractivity contribution in [3.05, 3.63) is 70.5 Å². The molecule has 0 aliphatic rings. The number of benzene rings is 2. The summed E-state index contributed by atoms with van der Waals surface area (Å²) < 4.78 is 13.1. The minimum Gasteiger partial charge on any atom is -0.478 e. The Bertz CT molecular complexity index is 591. The molecule has 0 atom stereocenters. The van der Waals surface area contributed by atoms with Gasteiger partial charge in [-0.05, 0) is 54.3 Å². The third-order valence-corrected chi connectivity index (χ3v) is 2.68. The highest BCUT2D eigenvalue weighted by Crippen LogP contribution is 2.15. The van der Waals surface area contributed by atoms with Crippen LogP contribution < -0.4 is 0 Å². The fraction of sp³-hybridized carbons (Fsp3) is 0.133. The molecular formula is C15H13FO2. The van der Waals surface area contributed by atoms with Crippen molar-refractivity contribution in [2.75, 3.05) is 0 Å². The molecule has 0 saturated carbocycles. The van der Waals surface area contributed by atoms with E-state index in [1.807, 2.05) is 19.1 Å². The van der Waals surface area contributed by atoms with Crippen LogP contribution in [0.4, 0.5) is 4.39 Å². The van der Waals surface area contributed by atoms with Gasteiger partial charge in [0.05, 0.1) is 5.56 Å². The average Bonchev–Trinajstić information content (AvgIpc) is 2.28. The molecule has 0 spiro atoms. The fourth-order valence-electron chi connectivity index (χ4n) is 1.97. The van der Waals surface area contributed by atoms with Crippen molar-refractivity contribution in [2.24, 2.45) is 0 Å². The number of carbonyl (C=O) groups is 1. The van der Waals surface area contributed by atoms with Gasteiger partial charge >= 0.3 is 5.97 Å². The Balaban J connectivity index is 2.31. The Labute approximate surface area is 105 Å². The van der Waals surface area contributed by atoms with E-state index in [0.29, 0.717) is 6.42 Å². The maximum absolute atomic E-state index is 13.1. The molecule has 0 aliphatic heterocycles. The highest BCUT2D eigenvalue weighted by Gasteiger charge is 2.06. The summed E-state index contributed by atoms with van der Waals surface area (Å²) in [7, 11) is 0. The molecule has 2 rings (SSSR count). The van der Waals surface area contributed by atoms with Crippen molar-refractivity contribution < 1.29 is 14.3 Å². The lowest BCUT2D eigenvalue weighted by Crippen LogP contribution is -1.99. The number of aromatic carboxylic acids is 1. The fourth-order valence-corrected chi connectivity index (χ4v) is 1.97. The van der Waals surface area contributed by atoms with Gasteiger partial charge in [-0.15, -0.1) is 0 Å². The summed E-state index contributed by atoms with van der Waals surface area (Å²) in [4.78, 5) is 11.0. The molecule has 0 amide bonds. The second-order valence-corrected chi connectivity index (χ2v) is 4.32. The lowest BCUT2D eigenvalue weighted by molar-refractivity contribution is 0.0696. The molecule has 0 aromatic heterocycles. The molecule has 0 radical (unpaired) electrons. The largest absolute Gasteiger partial charge is 0.478 e. The molecule has 0 fully saturated rings. The number of rotatable bonds is 3. The zero-order valence-corrected chi connectivity index (χ0v) is 9.98. The van der Waals surface area contributed by atoms with Crippen LogP contribution in [0.2, 0.25) is 0 Å². The van der Waals surface area contributed by atoms with Crippen LogP contribution in [-0.4, -0.2) is 11.1 Å². The molecule has 0 aliphatic carbocycles. The Morgan fingerprint density at radius 1 is 1.17 bits per heavy atom. The maximum Gasteiger partial charge on any atom is 0.335 e. The Morgan fingerprint density at radius 2 is 1.94 bits per heavy atom. The predicted octanol–water partition coefficient (Wildman–Crippen LogP) is 3.42. The van der Waals surface area contributed by atoms with E-state index in [4.69, 9.17) is 5.11 Å². The number of hydrogen-bond donors (Lipinski definition) is 1. The molecule has 2 aromatic rings. The third-order valence-electron chi connectivity index (χ3n) is 2.68. The van der Waals surface area contributed by atoms with Crippen LogP contribution in [0, 0.1) is 12.7 Å². The second kappa shape index (κ2) is 5.00. The standard InChI is InChI=1S/C15H13FO2/c1-10-5-12(8-13(6-10)15(17)18)7-11-3-2-4-14(16)9-11/h2-6,8-9H,7H2,1H3,(H,17,18). The maximum atomic E-state index is 13.1. The van der Waals surface area contributed by atoms with Crippen LogP contribution in [-0.2, 0) is 6.42 Å². The van der Waals surface area contributed by atoms with E-state index in [9.17, 15) is 9.18 Å². The van der Waals surface area contributed by atoms with E-state index in [-0.39, 0.29) is 11.4 Å². The highest BCUT2D eigenvalue weighted by atomic mass is 19.1. The van der Waals surface area contributed by atoms with E-state index in [2.05, 4.69) is 0 Å². The summed E-state index contributed by atoms with van der Waals surface area (Å²) in [6.07, 6.45) is 0.527. The summed E-state index contributed by atoms with van der Waals surface area (Å²) in [6.45, 7) is 1.85. The first-order chi connectivity index (χ1) is 8.54. The van der Waals surface area contributed by atoms with Gasteiger partial charge in [0.15, 0.2) is 0 Å². The van der Waals surface area contributed by atoms with Crippen LogP contribution in [0.25, 0.3) is 0 Å². The SMILES string of the molecule is Cc1cc(Cc2cccc(F)c2)cc(C(=O)O)c1. The summed E-state index contributed by atoms with van der Waals surface area (Å²) in [5, 5.41) is 8.98. The van der Waals surface area contributed by atoms with Gasteiger partial charge in [0.1, 0.15) is 5.82 Å². The van der Waals surface area contributed by atoms with Gasteiger partial charge in [-0.2, -0.15) is 0 Å². The monoisotopic (exact) mass is 244 g/mol. The van der Waals surface area contributed by atoms with Gasteiger partial charge in [-0.1, -0.05) is 18.2 Å². The lowest BCUT2D eigenvalue weighted by Gasteiger charge is -2.05. The van der Waals surface area contributed by atoms with Crippen LogP contribution in [0.3, 0.4) is 0 Å². The second-order valence-electron chi connectivity index (χ2n) is 4.32. The van der Waals surface area contributed by atoms with Gasteiger partial charge in [-0.3, -0.25) is 0 Å². The van der Waals surface area contributed by atoms with Crippen molar-refractivity contribution in [1.29, 1.82) is 0 Å². The van der Waals surface area contributed by atoms with E-state index in [1.165, 1.54) is 12.1 Å². The van der Waals surface area contributed by atoms with Crippen LogP contribution in [0.1, 0.15) is 27.0 Å². The summed E-state index contributed by atoms with van der Waals surface area (Å²) >= 11 is 0. The molecule has 2 nitrogen and oxygen atoms in total. The van der Waals surface area contributed by atoms with Crippen LogP contribution in [0.5, 0.6) is 0 Å².